The maximum atomic E-state index is 12.7. The number of alkyl halides is 5. The minimum atomic E-state index is -5.83. The molecule has 0 aromatic rings. The molecule has 0 aliphatic heterocycles. The molecule has 0 aromatic carbocycles. The van der Waals surface area contributed by atoms with E-state index in [0.717, 1.165) is 0 Å². The highest BCUT2D eigenvalue weighted by atomic mass is 19.4. The molecule has 0 rings (SSSR count). The number of halogens is 5. The lowest BCUT2D eigenvalue weighted by molar-refractivity contribution is -0.294. The Labute approximate surface area is 150 Å². The van der Waals surface area contributed by atoms with Crippen molar-refractivity contribution in [2.24, 2.45) is 16.7 Å². The molecule has 0 saturated heterocycles. The fourth-order valence-electron chi connectivity index (χ4n) is 2.06. The van der Waals surface area contributed by atoms with Gasteiger partial charge in [-0.25, -0.2) is 4.79 Å². The van der Waals surface area contributed by atoms with Crippen LogP contribution >= 0.6 is 0 Å². The third-order valence-electron chi connectivity index (χ3n) is 4.12. The fraction of sp³-hybridized carbons (Fsp3) is 0.882. The summed E-state index contributed by atoms with van der Waals surface area (Å²) in [5.41, 5.74) is -0.664. The number of rotatable bonds is 8. The van der Waals surface area contributed by atoms with Gasteiger partial charge < -0.3 is 9.47 Å². The summed E-state index contributed by atoms with van der Waals surface area (Å²) in [5.74, 6) is -7.92. The Hall–Kier alpha value is -1.41. The number of hydrogen-bond donors (Lipinski definition) is 0. The zero-order valence-electron chi connectivity index (χ0n) is 15.9. The van der Waals surface area contributed by atoms with Crippen molar-refractivity contribution in [3.8, 4) is 0 Å². The van der Waals surface area contributed by atoms with Gasteiger partial charge in [0.25, 0.3) is 0 Å². The van der Waals surface area contributed by atoms with Crippen LogP contribution in [0.25, 0.3) is 0 Å². The lowest BCUT2D eigenvalue weighted by atomic mass is 9.70. The number of carbonyl (C=O) groups excluding carboxylic acids is 2. The molecular formula is C17H27F5O4. The molecule has 0 bridgehead atoms. The van der Waals surface area contributed by atoms with Crippen molar-refractivity contribution >= 4 is 11.9 Å². The van der Waals surface area contributed by atoms with Gasteiger partial charge >= 0.3 is 24.0 Å². The first-order valence-corrected chi connectivity index (χ1v) is 8.20. The Bertz CT molecular complexity index is 492. The zero-order chi connectivity index (χ0) is 21.0. The Kier molecular flexibility index (Phi) is 8.06. The molecule has 0 radical (unpaired) electrons. The number of ether oxygens (including phenoxy) is 2. The maximum Gasteiger partial charge on any atom is 0.456 e. The summed E-state index contributed by atoms with van der Waals surface area (Å²) in [6.07, 6.45) is -4.73. The van der Waals surface area contributed by atoms with Crippen LogP contribution in [0.15, 0.2) is 0 Å². The molecule has 0 aliphatic carbocycles. The van der Waals surface area contributed by atoms with Gasteiger partial charge in [0.1, 0.15) is 0 Å². The summed E-state index contributed by atoms with van der Waals surface area (Å²) >= 11 is 0. The molecule has 26 heavy (non-hydrogen) atoms. The first kappa shape index (κ1) is 24.6. The fourth-order valence-corrected chi connectivity index (χ4v) is 2.06. The third kappa shape index (κ3) is 7.86. The maximum absolute atomic E-state index is 12.7. The molecule has 0 saturated carbocycles. The molecule has 0 aliphatic rings. The summed E-state index contributed by atoms with van der Waals surface area (Å²) in [4.78, 5) is 23.7. The Morgan fingerprint density at radius 3 is 1.81 bits per heavy atom. The standard InChI is InChI=1S/C17H27F5O4/c1-7-15(5,6)11(8-14(2,3)4)13(24)25-9-12(23)26-10-16(18,19)17(20,21)22/h11H,7-10H2,1-6H3. The largest absolute Gasteiger partial charge is 0.456 e. The van der Waals surface area contributed by atoms with E-state index in [2.05, 4.69) is 4.74 Å². The zero-order valence-corrected chi connectivity index (χ0v) is 15.9. The van der Waals surface area contributed by atoms with Crippen LogP contribution in [-0.4, -0.2) is 37.3 Å². The van der Waals surface area contributed by atoms with Gasteiger partial charge in [-0.15, -0.1) is 0 Å². The highest BCUT2D eigenvalue weighted by Gasteiger charge is 2.58. The molecule has 1 unspecified atom stereocenters. The Balaban J connectivity index is 4.80. The molecule has 0 heterocycles. The minimum Gasteiger partial charge on any atom is -0.456 e. The quantitative estimate of drug-likeness (QED) is 0.443. The highest BCUT2D eigenvalue weighted by molar-refractivity contribution is 5.78. The van der Waals surface area contributed by atoms with E-state index in [9.17, 15) is 31.5 Å². The predicted molar refractivity (Wildman–Crippen MR) is 84.6 cm³/mol. The van der Waals surface area contributed by atoms with Crippen molar-refractivity contribution < 1.29 is 41.0 Å². The van der Waals surface area contributed by atoms with Gasteiger partial charge in [0.15, 0.2) is 13.2 Å². The van der Waals surface area contributed by atoms with Gasteiger partial charge in [-0.2, -0.15) is 22.0 Å². The topological polar surface area (TPSA) is 52.6 Å². The lowest BCUT2D eigenvalue weighted by Gasteiger charge is -2.35. The van der Waals surface area contributed by atoms with E-state index in [1.807, 2.05) is 41.5 Å². The van der Waals surface area contributed by atoms with E-state index in [1.54, 1.807) is 0 Å². The molecule has 1 atom stereocenters. The summed E-state index contributed by atoms with van der Waals surface area (Å²) in [6, 6.07) is 0. The van der Waals surface area contributed by atoms with Crippen LogP contribution in [0.2, 0.25) is 0 Å². The average Bonchev–Trinajstić information content (AvgIpc) is 2.46. The van der Waals surface area contributed by atoms with Gasteiger partial charge in [0, 0.05) is 0 Å². The molecule has 0 fully saturated rings. The smallest absolute Gasteiger partial charge is 0.456 e. The van der Waals surface area contributed by atoms with Gasteiger partial charge in [0.05, 0.1) is 5.92 Å². The third-order valence-corrected chi connectivity index (χ3v) is 4.12. The van der Waals surface area contributed by atoms with Crippen molar-refractivity contribution in [1.82, 2.24) is 0 Å². The Morgan fingerprint density at radius 2 is 1.42 bits per heavy atom. The van der Waals surface area contributed by atoms with Crippen LogP contribution in [-0.2, 0) is 19.1 Å². The van der Waals surface area contributed by atoms with Crippen molar-refractivity contribution in [2.45, 2.75) is 66.5 Å². The molecule has 154 valence electrons. The highest BCUT2D eigenvalue weighted by Crippen LogP contribution is 2.39. The van der Waals surface area contributed by atoms with Crippen LogP contribution < -0.4 is 0 Å². The number of hydrogen-bond acceptors (Lipinski definition) is 4. The first-order valence-electron chi connectivity index (χ1n) is 8.20. The molecule has 9 heteroatoms. The summed E-state index contributed by atoms with van der Waals surface area (Å²) in [5, 5.41) is 0. The predicted octanol–water partition coefficient (Wildman–Crippen LogP) is 4.76. The summed E-state index contributed by atoms with van der Waals surface area (Å²) in [6.45, 7) is 8.19. The number of esters is 2. The van der Waals surface area contributed by atoms with Crippen LogP contribution in [0.1, 0.15) is 54.4 Å². The van der Waals surface area contributed by atoms with E-state index in [4.69, 9.17) is 4.74 Å². The van der Waals surface area contributed by atoms with Crippen LogP contribution in [0.3, 0.4) is 0 Å². The van der Waals surface area contributed by atoms with Gasteiger partial charge in [-0.05, 0) is 17.3 Å². The van der Waals surface area contributed by atoms with Gasteiger partial charge in [-0.1, -0.05) is 48.0 Å². The lowest BCUT2D eigenvalue weighted by Crippen LogP contribution is -2.42. The molecule has 0 spiro atoms. The SMILES string of the molecule is CCC(C)(C)C(CC(C)(C)C)C(=O)OCC(=O)OCC(F)(F)C(F)(F)F. The Morgan fingerprint density at radius 1 is 0.923 bits per heavy atom. The molecule has 4 nitrogen and oxygen atoms in total. The van der Waals surface area contributed by atoms with E-state index in [-0.39, 0.29) is 5.41 Å². The van der Waals surface area contributed by atoms with Gasteiger partial charge in [0.2, 0.25) is 0 Å². The van der Waals surface area contributed by atoms with Crippen molar-refractivity contribution in [3.63, 3.8) is 0 Å². The molecule has 0 aromatic heterocycles. The summed E-state index contributed by atoms with van der Waals surface area (Å²) in [7, 11) is 0. The van der Waals surface area contributed by atoms with Crippen LogP contribution in [0, 0.1) is 16.7 Å². The van der Waals surface area contributed by atoms with E-state index >= 15 is 0 Å². The van der Waals surface area contributed by atoms with E-state index < -0.39 is 48.6 Å². The minimum absolute atomic E-state index is 0.217. The molecular weight excluding hydrogens is 363 g/mol. The van der Waals surface area contributed by atoms with Crippen molar-refractivity contribution in [3.05, 3.63) is 0 Å². The average molecular weight is 390 g/mol. The van der Waals surface area contributed by atoms with Crippen LogP contribution in [0.4, 0.5) is 22.0 Å². The van der Waals surface area contributed by atoms with Crippen molar-refractivity contribution in [2.75, 3.05) is 13.2 Å². The first-order chi connectivity index (χ1) is 11.4. The second-order valence-electron chi connectivity index (χ2n) is 8.13. The van der Waals surface area contributed by atoms with Crippen LogP contribution in [0.5, 0.6) is 0 Å². The van der Waals surface area contributed by atoms with E-state index in [0.29, 0.717) is 12.8 Å². The van der Waals surface area contributed by atoms with Gasteiger partial charge in [-0.3, -0.25) is 4.79 Å². The van der Waals surface area contributed by atoms with E-state index in [1.165, 1.54) is 0 Å². The monoisotopic (exact) mass is 390 g/mol. The van der Waals surface area contributed by atoms with Crippen molar-refractivity contribution in [1.29, 1.82) is 0 Å². The normalized spacial score (nSPS) is 14.7. The molecule has 0 amide bonds. The summed E-state index contributed by atoms with van der Waals surface area (Å²) < 4.78 is 70.1. The molecule has 0 N–H and O–H groups in total. The number of carbonyl (C=O) groups is 2. The second kappa shape index (κ2) is 8.52. The second-order valence-corrected chi connectivity index (χ2v) is 8.13.